The fraction of sp³-hybridized carbons (Fsp3) is 0.167. The van der Waals surface area contributed by atoms with Crippen LogP contribution in [0.4, 0.5) is 18.9 Å². The monoisotopic (exact) mass is 430 g/mol. The van der Waals surface area contributed by atoms with Crippen LogP contribution in [0.25, 0.3) is 6.08 Å². The summed E-state index contributed by atoms with van der Waals surface area (Å²) in [6, 6.07) is 11.3. The molecule has 1 amide bonds. The number of carbonyl (C=O) groups excluding carboxylic acids is 1. The number of hydrogen-bond acceptors (Lipinski definition) is 4. The number of halogens is 3. The van der Waals surface area contributed by atoms with Crippen LogP contribution in [0.2, 0.25) is 0 Å². The molecule has 2 aromatic carbocycles. The maximum absolute atomic E-state index is 12.3. The van der Waals surface area contributed by atoms with Crippen LogP contribution in [-0.4, -0.2) is 38.2 Å². The fourth-order valence-corrected chi connectivity index (χ4v) is 3.50. The molecule has 0 atom stereocenters. The summed E-state index contributed by atoms with van der Waals surface area (Å²) in [7, 11) is -0.707. The first-order chi connectivity index (χ1) is 13.0. The van der Waals surface area contributed by atoms with E-state index in [1.165, 1.54) is 74.8 Å². The van der Waals surface area contributed by atoms with E-state index >= 15 is 0 Å². The molecule has 0 saturated heterocycles. The van der Waals surface area contributed by atoms with Gasteiger partial charge in [-0.1, -0.05) is 12.1 Å². The van der Waals surface area contributed by atoms with E-state index in [0.717, 1.165) is 4.31 Å². The number of amides is 1. The molecule has 0 fully saturated rings. The van der Waals surface area contributed by atoms with Crippen molar-refractivity contribution in [2.45, 2.75) is 15.3 Å². The van der Waals surface area contributed by atoms with E-state index in [2.05, 4.69) is 5.32 Å². The van der Waals surface area contributed by atoms with Gasteiger partial charge in [0.2, 0.25) is 15.9 Å². The number of alkyl halides is 3. The summed E-state index contributed by atoms with van der Waals surface area (Å²) in [4.78, 5) is 12.1. The van der Waals surface area contributed by atoms with E-state index in [0.29, 0.717) is 11.3 Å². The fourth-order valence-electron chi connectivity index (χ4n) is 2.06. The Hall–Kier alpha value is -2.30. The molecule has 2 aromatic rings. The highest BCUT2D eigenvalue weighted by Crippen LogP contribution is 2.36. The molecule has 0 radical (unpaired) electrons. The Morgan fingerprint density at radius 2 is 1.61 bits per heavy atom. The lowest BCUT2D eigenvalue weighted by Crippen LogP contribution is -2.22. The number of sulfonamides is 1. The molecule has 0 aliphatic rings. The van der Waals surface area contributed by atoms with Crippen molar-refractivity contribution >= 4 is 39.5 Å². The maximum Gasteiger partial charge on any atom is 0.446 e. The third-order valence-electron chi connectivity index (χ3n) is 3.44. The molecule has 0 bridgehead atoms. The van der Waals surface area contributed by atoms with Crippen LogP contribution >= 0.6 is 11.8 Å². The van der Waals surface area contributed by atoms with Gasteiger partial charge >= 0.3 is 5.51 Å². The summed E-state index contributed by atoms with van der Waals surface area (Å²) in [5.41, 5.74) is -3.38. The summed E-state index contributed by atoms with van der Waals surface area (Å²) in [5, 5.41) is 2.58. The number of carbonyl (C=O) groups is 1. The molecule has 5 nitrogen and oxygen atoms in total. The second-order valence-corrected chi connectivity index (χ2v) is 9.04. The van der Waals surface area contributed by atoms with Crippen molar-refractivity contribution in [3.63, 3.8) is 0 Å². The highest BCUT2D eigenvalue weighted by atomic mass is 32.2. The van der Waals surface area contributed by atoms with Gasteiger partial charge in [-0.15, -0.1) is 0 Å². The van der Waals surface area contributed by atoms with Crippen LogP contribution in [-0.2, 0) is 14.8 Å². The summed E-state index contributed by atoms with van der Waals surface area (Å²) >= 11 is -0.209. The number of benzene rings is 2. The van der Waals surface area contributed by atoms with E-state index < -0.39 is 21.4 Å². The summed E-state index contributed by atoms with van der Waals surface area (Å²) in [5.74, 6) is -0.461. The van der Waals surface area contributed by atoms with Crippen LogP contribution in [0.5, 0.6) is 0 Å². The summed E-state index contributed by atoms with van der Waals surface area (Å²) < 4.78 is 61.9. The highest BCUT2D eigenvalue weighted by molar-refractivity contribution is 8.00. The Balaban J connectivity index is 1.98. The summed E-state index contributed by atoms with van der Waals surface area (Å²) in [6.45, 7) is 0. The van der Waals surface area contributed by atoms with Crippen molar-refractivity contribution in [1.29, 1.82) is 0 Å². The van der Waals surface area contributed by atoms with Gasteiger partial charge in [-0.2, -0.15) is 13.2 Å². The molecular formula is C18H17F3N2O3S2. The average molecular weight is 430 g/mol. The van der Waals surface area contributed by atoms with Gasteiger partial charge in [-0.25, -0.2) is 12.7 Å². The van der Waals surface area contributed by atoms with Crippen molar-refractivity contribution in [1.82, 2.24) is 4.31 Å². The Kier molecular flexibility index (Phi) is 6.91. The normalized spacial score (nSPS) is 12.5. The van der Waals surface area contributed by atoms with Crippen LogP contribution in [0.3, 0.4) is 0 Å². The molecule has 0 saturated carbocycles. The van der Waals surface area contributed by atoms with Gasteiger partial charge < -0.3 is 5.32 Å². The molecule has 1 N–H and O–H groups in total. The van der Waals surface area contributed by atoms with E-state index in [9.17, 15) is 26.4 Å². The zero-order valence-electron chi connectivity index (χ0n) is 14.9. The van der Waals surface area contributed by atoms with Crippen molar-refractivity contribution in [2.24, 2.45) is 0 Å². The molecular weight excluding hydrogens is 413 g/mol. The Morgan fingerprint density at radius 1 is 1.04 bits per heavy atom. The first kappa shape index (κ1) is 22.0. The van der Waals surface area contributed by atoms with E-state index in [4.69, 9.17) is 0 Å². The van der Waals surface area contributed by atoms with Crippen molar-refractivity contribution in [3.8, 4) is 0 Å². The maximum atomic E-state index is 12.3. The van der Waals surface area contributed by atoms with Crippen molar-refractivity contribution in [3.05, 3.63) is 60.2 Å². The highest BCUT2D eigenvalue weighted by Gasteiger charge is 2.28. The van der Waals surface area contributed by atoms with E-state index in [-0.39, 0.29) is 21.6 Å². The number of thioether (sulfide) groups is 1. The molecule has 0 spiro atoms. The number of nitrogens with one attached hydrogen (secondary N) is 1. The first-order valence-corrected chi connectivity index (χ1v) is 10.1. The van der Waals surface area contributed by atoms with Gasteiger partial charge in [-0.05, 0) is 59.8 Å². The number of anilines is 1. The molecule has 150 valence electrons. The smallest absolute Gasteiger partial charge is 0.323 e. The minimum absolute atomic E-state index is 0.0573. The third-order valence-corrected chi connectivity index (χ3v) is 6.01. The van der Waals surface area contributed by atoms with Crippen molar-refractivity contribution < 1.29 is 26.4 Å². The van der Waals surface area contributed by atoms with Gasteiger partial charge in [0.1, 0.15) is 0 Å². The van der Waals surface area contributed by atoms with Crippen LogP contribution in [0.15, 0.2) is 64.4 Å². The first-order valence-electron chi connectivity index (χ1n) is 7.85. The Labute approximate surface area is 165 Å². The van der Waals surface area contributed by atoms with Crippen LogP contribution < -0.4 is 5.32 Å². The van der Waals surface area contributed by atoms with Gasteiger partial charge in [-0.3, -0.25) is 4.79 Å². The SMILES string of the molecule is CN(C)S(=O)(=O)c1ccc(NC(=O)/C=C/c2ccc(SC(F)(F)F)cc2)cc1. The topological polar surface area (TPSA) is 66.5 Å². The molecule has 10 heteroatoms. The Morgan fingerprint density at radius 3 is 2.11 bits per heavy atom. The average Bonchev–Trinajstić information content (AvgIpc) is 2.60. The molecule has 28 heavy (non-hydrogen) atoms. The molecule has 0 heterocycles. The lowest BCUT2D eigenvalue weighted by molar-refractivity contribution is -0.111. The molecule has 0 aromatic heterocycles. The van der Waals surface area contributed by atoms with Gasteiger partial charge in [0.25, 0.3) is 0 Å². The van der Waals surface area contributed by atoms with Gasteiger partial charge in [0.05, 0.1) is 4.90 Å². The predicted octanol–water partition coefficient (Wildman–Crippen LogP) is 4.20. The van der Waals surface area contributed by atoms with Crippen molar-refractivity contribution in [2.75, 3.05) is 19.4 Å². The molecule has 0 aliphatic heterocycles. The molecule has 0 unspecified atom stereocenters. The number of rotatable bonds is 6. The van der Waals surface area contributed by atoms with E-state index in [1.54, 1.807) is 0 Å². The minimum Gasteiger partial charge on any atom is -0.323 e. The predicted molar refractivity (Wildman–Crippen MR) is 103 cm³/mol. The van der Waals surface area contributed by atoms with Gasteiger partial charge in [0.15, 0.2) is 0 Å². The standard InChI is InChI=1S/C18H17F3N2O3S2/c1-23(2)28(25,26)16-10-6-14(7-11-16)22-17(24)12-5-13-3-8-15(9-4-13)27-18(19,20)21/h3-12H,1-2H3,(H,22,24)/b12-5+. The quantitative estimate of drug-likeness (QED) is 0.551. The second kappa shape index (κ2) is 8.80. The number of hydrogen-bond donors (Lipinski definition) is 1. The van der Waals surface area contributed by atoms with Crippen LogP contribution in [0.1, 0.15) is 5.56 Å². The minimum atomic E-state index is -4.35. The molecule has 2 rings (SSSR count). The zero-order chi connectivity index (χ0) is 20.9. The van der Waals surface area contributed by atoms with E-state index in [1.807, 2.05) is 0 Å². The van der Waals surface area contributed by atoms with Gasteiger partial charge in [0, 0.05) is 30.8 Å². The third kappa shape index (κ3) is 6.39. The number of nitrogens with zero attached hydrogens (tertiary/aromatic N) is 1. The summed E-state index contributed by atoms with van der Waals surface area (Å²) in [6.07, 6.45) is 2.69. The largest absolute Gasteiger partial charge is 0.446 e. The van der Waals surface area contributed by atoms with Crippen LogP contribution in [0, 0.1) is 0 Å². The molecule has 0 aliphatic carbocycles. The lowest BCUT2D eigenvalue weighted by Gasteiger charge is -2.11. The Bertz CT molecular complexity index is 953. The second-order valence-electron chi connectivity index (χ2n) is 5.75. The zero-order valence-corrected chi connectivity index (χ0v) is 16.5. The lowest BCUT2D eigenvalue weighted by atomic mass is 10.2.